The van der Waals surface area contributed by atoms with E-state index >= 15 is 0 Å². The summed E-state index contributed by atoms with van der Waals surface area (Å²) in [5.41, 5.74) is 0. The molecular weight excluding hydrogens is 431 g/mol. The second-order valence-electron chi connectivity index (χ2n) is 5.42. The van der Waals surface area contributed by atoms with E-state index in [4.69, 9.17) is 4.42 Å². The molecule has 0 saturated carbocycles. The summed E-state index contributed by atoms with van der Waals surface area (Å²) in [5, 5.41) is 10.4. The molecule has 0 unspecified atom stereocenters. The third-order valence-electron chi connectivity index (χ3n) is 3.48. The minimum Gasteiger partial charge on any atom is -0.461 e. The zero-order chi connectivity index (χ0) is 17.2. The van der Waals surface area contributed by atoms with Gasteiger partial charge in [0.25, 0.3) is 0 Å². The lowest BCUT2D eigenvalue weighted by atomic mass is 10.3. The lowest BCUT2D eigenvalue weighted by molar-refractivity contribution is 0.470. The summed E-state index contributed by atoms with van der Waals surface area (Å²) in [6, 6.07) is 3.66. The Bertz CT molecular complexity index is 637. The van der Waals surface area contributed by atoms with Crippen LogP contribution >= 0.6 is 24.0 Å². The molecule has 138 valence electrons. The first-order valence-corrected chi connectivity index (χ1v) is 8.30. The molecular formula is C17H27IN6O. The van der Waals surface area contributed by atoms with E-state index in [9.17, 15) is 0 Å². The molecule has 0 radical (unpaired) electrons. The standard InChI is InChI=1S/C17H26N6O.HI/c1-4-6-7-12-23(3)17(18-5-2)19-11-10-15-20-16(22-21-15)14-9-8-13-24-14;/h4,8-9,13H,1,5-7,10-12H2,2-3H3,(H,18,19)(H,20,21,22);1H. The van der Waals surface area contributed by atoms with Crippen molar-refractivity contribution in [3.8, 4) is 11.6 Å². The van der Waals surface area contributed by atoms with Gasteiger partial charge in [-0.2, -0.15) is 5.10 Å². The summed E-state index contributed by atoms with van der Waals surface area (Å²) < 4.78 is 5.29. The molecule has 2 aromatic heterocycles. The summed E-state index contributed by atoms with van der Waals surface area (Å²) in [4.78, 5) is 11.2. The van der Waals surface area contributed by atoms with Gasteiger partial charge in [-0.25, -0.2) is 4.98 Å². The highest BCUT2D eigenvalue weighted by Gasteiger charge is 2.08. The van der Waals surface area contributed by atoms with E-state index < -0.39 is 0 Å². The van der Waals surface area contributed by atoms with E-state index in [1.807, 2.05) is 25.3 Å². The second-order valence-corrected chi connectivity index (χ2v) is 5.42. The molecule has 25 heavy (non-hydrogen) atoms. The second kappa shape index (κ2) is 11.7. The number of aromatic amines is 1. The summed E-state index contributed by atoms with van der Waals surface area (Å²) in [6.07, 6.45) is 6.33. The smallest absolute Gasteiger partial charge is 0.216 e. The Morgan fingerprint density at radius 2 is 2.36 bits per heavy atom. The van der Waals surface area contributed by atoms with E-state index in [0.717, 1.165) is 37.7 Å². The maximum atomic E-state index is 5.29. The number of H-pyrrole nitrogens is 1. The molecule has 0 bridgehead atoms. The predicted octanol–water partition coefficient (Wildman–Crippen LogP) is 3.09. The van der Waals surface area contributed by atoms with Crippen LogP contribution in [0.15, 0.2) is 40.5 Å². The molecule has 7 nitrogen and oxygen atoms in total. The predicted molar refractivity (Wildman–Crippen MR) is 111 cm³/mol. The minimum atomic E-state index is 0. The summed E-state index contributed by atoms with van der Waals surface area (Å²) >= 11 is 0. The number of guanidine groups is 1. The monoisotopic (exact) mass is 458 g/mol. The Morgan fingerprint density at radius 1 is 1.52 bits per heavy atom. The van der Waals surface area contributed by atoms with E-state index in [1.54, 1.807) is 6.26 Å². The molecule has 0 spiro atoms. The van der Waals surface area contributed by atoms with Crippen LogP contribution in [0, 0.1) is 0 Å². The zero-order valence-electron chi connectivity index (χ0n) is 14.9. The number of rotatable bonds is 9. The van der Waals surface area contributed by atoms with Crippen molar-refractivity contribution in [2.24, 2.45) is 4.99 Å². The molecule has 8 heteroatoms. The van der Waals surface area contributed by atoms with Crippen molar-refractivity contribution < 1.29 is 4.42 Å². The number of nitrogens with zero attached hydrogens (tertiary/aromatic N) is 4. The normalized spacial score (nSPS) is 11.0. The first-order chi connectivity index (χ1) is 11.7. The van der Waals surface area contributed by atoms with Crippen molar-refractivity contribution in [2.75, 3.05) is 26.7 Å². The maximum absolute atomic E-state index is 5.29. The number of aromatic nitrogens is 3. The van der Waals surface area contributed by atoms with Gasteiger partial charge in [-0.05, 0) is 31.9 Å². The van der Waals surface area contributed by atoms with E-state index in [-0.39, 0.29) is 24.0 Å². The Balaban J connectivity index is 0.00000312. The number of unbranched alkanes of at least 4 members (excludes halogenated alkanes) is 1. The number of aliphatic imine (C=N–C) groups is 1. The Morgan fingerprint density at radius 3 is 3.04 bits per heavy atom. The number of hydrogen-bond donors (Lipinski definition) is 2. The van der Waals surface area contributed by atoms with Crippen LogP contribution in [0.4, 0.5) is 0 Å². The third kappa shape index (κ3) is 6.89. The van der Waals surface area contributed by atoms with Gasteiger partial charge >= 0.3 is 0 Å². The molecule has 0 saturated heterocycles. The van der Waals surface area contributed by atoms with E-state index in [2.05, 4.69) is 43.9 Å². The average Bonchev–Trinajstić information content (AvgIpc) is 3.25. The fourth-order valence-electron chi connectivity index (χ4n) is 2.24. The fourth-order valence-corrected chi connectivity index (χ4v) is 2.24. The topological polar surface area (TPSA) is 82.3 Å². The first kappa shape index (κ1) is 21.2. The molecule has 0 atom stereocenters. The van der Waals surface area contributed by atoms with Crippen molar-refractivity contribution in [3.05, 3.63) is 36.9 Å². The maximum Gasteiger partial charge on any atom is 0.216 e. The highest BCUT2D eigenvalue weighted by Crippen LogP contribution is 2.14. The summed E-state index contributed by atoms with van der Waals surface area (Å²) in [5.74, 6) is 2.95. The van der Waals surface area contributed by atoms with Crippen LogP contribution in [0.2, 0.25) is 0 Å². The number of hydrogen-bond acceptors (Lipinski definition) is 4. The van der Waals surface area contributed by atoms with Crippen molar-refractivity contribution in [3.63, 3.8) is 0 Å². The largest absolute Gasteiger partial charge is 0.461 e. The molecule has 2 rings (SSSR count). The molecule has 0 aliphatic heterocycles. The van der Waals surface area contributed by atoms with Crippen LogP contribution in [-0.2, 0) is 6.42 Å². The number of nitrogens with one attached hydrogen (secondary N) is 2. The van der Waals surface area contributed by atoms with Gasteiger partial charge < -0.3 is 14.6 Å². The molecule has 2 N–H and O–H groups in total. The van der Waals surface area contributed by atoms with E-state index in [1.165, 1.54) is 0 Å². The quantitative estimate of drug-likeness (QED) is 0.199. The highest BCUT2D eigenvalue weighted by atomic mass is 127. The molecule has 0 aliphatic carbocycles. The van der Waals surface area contributed by atoms with Crippen LogP contribution in [0.1, 0.15) is 25.6 Å². The SMILES string of the molecule is C=CCCCN(C)C(=NCCc1nc(-c2ccco2)n[nH]1)NCC.I. The van der Waals surface area contributed by atoms with Gasteiger partial charge in [0.2, 0.25) is 5.82 Å². The first-order valence-electron chi connectivity index (χ1n) is 8.30. The Hall–Kier alpha value is -1.84. The van der Waals surface area contributed by atoms with Crippen molar-refractivity contribution in [2.45, 2.75) is 26.2 Å². The lowest BCUT2D eigenvalue weighted by Crippen LogP contribution is -2.39. The molecule has 0 fully saturated rings. The fraction of sp³-hybridized carbons (Fsp3) is 0.471. The molecule has 0 aromatic carbocycles. The molecule has 2 aromatic rings. The van der Waals surface area contributed by atoms with Crippen molar-refractivity contribution >= 4 is 29.9 Å². The lowest BCUT2D eigenvalue weighted by Gasteiger charge is -2.21. The van der Waals surface area contributed by atoms with Gasteiger partial charge in [-0.3, -0.25) is 10.1 Å². The molecule has 0 amide bonds. The van der Waals surface area contributed by atoms with Crippen LogP contribution in [-0.4, -0.2) is 52.7 Å². The molecule has 2 heterocycles. The Labute approximate surface area is 166 Å². The van der Waals surface area contributed by atoms with Crippen LogP contribution < -0.4 is 5.32 Å². The van der Waals surface area contributed by atoms with Gasteiger partial charge in [0, 0.05) is 33.1 Å². The average molecular weight is 458 g/mol. The van der Waals surface area contributed by atoms with Gasteiger partial charge in [0.05, 0.1) is 6.26 Å². The van der Waals surface area contributed by atoms with E-state index in [0.29, 0.717) is 24.6 Å². The van der Waals surface area contributed by atoms with Gasteiger partial charge in [0.15, 0.2) is 11.7 Å². The minimum absolute atomic E-state index is 0. The van der Waals surface area contributed by atoms with Crippen LogP contribution in [0.5, 0.6) is 0 Å². The molecule has 0 aliphatic rings. The third-order valence-corrected chi connectivity index (χ3v) is 3.48. The number of halogens is 1. The van der Waals surface area contributed by atoms with Gasteiger partial charge in [-0.15, -0.1) is 30.6 Å². The van der Waals surface area contributed by atoms with Gasteiger partial charge in [-0.1, -0.05) is 6.08 Å². The summed E-state index contributed by atoms with van der Waals surface area (Å²) in [7, 11) is 2.05. The zero-order valence-corrected chi connectivity index (χ0v) is 17.2. The summed E-state index contributed by atoms with van der Waals surface area (Å²) in [6.45, 7) is 8.25. The van der Waals surface area contributed by atoms with Crippen LogP contribution in [0.25, 0.3) is 11.6 Å². The van der Waals surface area contributed by atoms with Crippen molar-refractivity contribution in [1.82, 2.24) is 25.4 Å². The number of furan rings is 1. The highest BCUT2D eigenvalue weighted by molar-refractivity contribution is 14.0. The van der Waals surface area contributed by atoms with Crippen molar-refractivity contribution in [1.29, 1.82) is 0 Å². The van der Waals surface area contributed by atoms with Crippen LogP contribution in [0.3, 0.4) is 0 Å². The number of allylic oxidation sites excluding steroid dienone is 1. The van der Waals surface area contributed by atoms with Gasteiger partial charge in [0.1, 0.15) is 5.82 Å². The Kier molecular flexibility index (Phi) is 9.90.